The Morgan fingerprint density at radius 2 is 2.00 bits per heavy atom. The van der Waals surface area contributed by atoms with E-state index in [4.69, 9.17) is 5.26 Å². The number of nitrogens with one attached hydrogen (secondary N) is 1. The van der Waals surface area contributed by atoms with Gasteiger partial charge in [0.15, 0.2) is 0 Å². The fraction of sp³-hybridized carbons (Fsp3) is 0.409. The van der Waals surface area contributed by atoms with Gasteiger partial charge in [-0.2, -0.15) is 10.5 Å². The number of aromatic nitrogens is 5. The lowest BCUT2D eigenvalue weighted by Crippen LogP contribution is -2.46. The minimum atomic E-state index is -0.321. The molecule has 4 rings (SSSR count). The van der Waals surface area contributed by atoms with E-state index in [0.29, 0.717) is 17.0 Å². The van der Waals surface area contributed by atoms with Crippen LogP contribution in [0.2, 0.25) is 0 Å². The van der Waals surface area contributed by atoms with Gasteiger partial charge in [0.25, 0.3) is 0 Å². The summed E-state index contributed by atoms with van der Waals surface area (Å²) < 4.78 is 15.1. The molecule has 160 valence electrons. The average Bonchev–Trinajstić information content (AvgIpc) is 3.28. The monoisotopic (exact) mass is 420 g/mol. The Morgan fingerprint density at radius 3 is 2.61 bits per heavy atom. The van der Waals surface area contributed by atoms with Gasteiger partial charge < -0.3 is 4.90 Å². The van der Waals surface area contributed by atoms with E-state index in [1.165, 1.54) is 0 Å². The fourth-order valence-electron chi connectivity index (χ4n) is 3.93. The number of tetrazole rings is 1. The zero-order chi connectivity index (χ0) is 21.8. The molecule has 0 amide bonds. The van der Waals surface area contributed by atoms with Gasteiger partial charge in [-0.25, -0.2) is 4.39 Å². The van der Waals surface area contributed by atoms with Crippen molar-refractivity contribution in [2.24, 2.45) is 5.92 Å². The molecule has 0 spiro atoms. The zero-order valence-electron chi connectivity index (χ0n) is 17.7. The van der Waals surface area contributed by atoms with Crippen LogP contribution in [0.15, 0.2) is 30.5 Å². The topological polar surface area (TPSA) is 97.6 Å². The average molecular weight is 420 g/mol. The van der Waals surface area contributed by atoms with Gasteiger partial charge in [-0.1, -0.05) is 13.8 Å². The summed E-state index contributed by atoms with van der Waals surface area (Å²) in [6.07, 6.45) is 2.41. The van der Waals surface area contributed by atoms with Gasteiger partial charge in [0, 0.05) is 38.9 Å². The quantitative estimate of drug-likeness (QED) is 0.655. The highest BCUT2D eigenvalue weighted by molar-refractivity contribution is 5.75. The molecule has 1 N–H and O–H groups in total. The fourth-order valence-corrected chi connectivity index (χ4v) is 3.93. The number of H-pyrrole nitrogens is 1. The molecule has 1 aliphatic rings. The third-order valence-corrected chi connectivity index (χ3v) is 5.39. The molecule has 3 heterocycles. The summed E-state index contributed by atoms with van der Waals surface area (Å²) in [6, 6.07) is 9.42. The van der Waals surface area contributed by atoms with Crippen LogP contribution in [-0.4, -0.2) is 56.7 Å². The predicted molar refractivity (Wildman–Crippen MR) is 115 cm³/mol. The number of nitriles is 1. The van der Waals surface area contributed by atoms with Gasteiger partial charge in [-0.15, -0.1) is 10.2 Å². The summed E-state index contributed by atoms with van der Waals surface area (Å²) in [4.78, 5) is 8.87. The number of pyridine rings is 1. The van der Waals surface area contributed by atoms with E-state index in [-0.39, 0.29) is 11.6 Å². The normalized spacial score (nSPS) is 14.7. The molecular formula is C22H25FN8. The number of halogens is 1. The largest absolute Gasteiger partial charge is 0.368 e. The SMILES string of the molecule is CC(C)Cc1cc(F)c(-c2nn[nH]n2)c(N2CCN(Cc3ccc(C#N)cn3)CC2)c1. The number of hydrogen-bond donors (Lipinski definition) is 1. The van der Waals surface area contributed by atoms with Crippen LogP contribution >= 0.6 is 0 Å². The molecule has 9 heteroatoms. The van der Waals surface area contributed by atoms with Gasteiger partial charge in [-0.05, 0) is 47.4 Å². The van der Waals surface area contributed by atoms with E-state index in [2.05, 4.69) is 61.4 Å². The van der Waals surface area contributed by atoms with Crippen molar-refractivity contribution < 1.29 is 4.39 Å². The molecule has 0 saturated carbocycles. The van der Waals surface area contributed by atoms with Crippen LogP contribution in [0.5, 0.6) is 0 Å². The van der Waals surface area contributed by atoms with Crippen molar-refractivity contribution in [2.75, 3.05) is 31.1 Å². The molecule has 0 atom stereocenters. The predicted octanol–water partition coefficient (Wildman–Crippen LogP) is 2.79. The highest BCUT2D eigenvalue weighted by atomic mass is 19.1. The molecule has 31 heavy (non-hydrogen) atoms. The van der Waals surface area contributed by atoms with E-state index in [1.807, 2.05) is 6.07 Å². The molecule has 0 radical (unpaired) electrons. The van der Waals surface area contributed by atoms with Crippen LogP contribution in [-0.2, 0) is 13.0 Å². The first-order chi connectivity index (χ1) is 15.0. The zero-order valence-corrected chi connectivity index (χ0v) is 17.7. The molecule has 0 unspecified atom stereocenters. The first-order valence-corrected chi connectivity index (χ1v) is 10.4. The molecule has 2 aromatic heterocycles. The Hall–Kier alpha value is -3.38. The van der Waals surface area contributed by atoms with E-state index in [9.17, 15) is 0 Å². The molecule has 0 bridgehead atoms. The van der Waals surface area contributed by atoms with Crippen molar-refractivity contribution in [3.8, 4) is 17.5 Å². The van der Waals surface area contributed by atoms with Crippen molar-refractivity contribution >= 4 is 5.69 Å². The maximum atomic E-state index is 15.1. The lowest BCUT2D eigenvalue weighted by molar-refractivity contribution is 0.247. The van der Waals surface area contributed by atoms with Gasteiger partial charge in [0.05, 0.1) is 22.5 Å². The maximum absolute atomic E-state index is 15.1. The van der Waals surface area contributed by atoms with Gasteiger partial charge in [-0.3, -0.25) is 9.88 Å². The Kier molecular flexibility index (Phi) is 6.18. The maximum Gasteiger partial charge on any atom is 0.209 e. The Morgan fingerprint density at radius 1 is 1.19 bits per heavy atom. The van der Waals surface area contributed by atoms with E-state index < -0.39 is 0 Å². The Bertz CT molecular complexity index is 1050. The van der Waals surface area contributed by atoms with Crippen LogP contribution in [0.3, 0.4) is 0 Å². The molecule has 0 aliphatic carbocycles. The lowest BCUT2D eigenvalue weighted by atomic mass is 9.98. The van der Waals surface area contributed by atoms with Gasteiger partial charge in [0.2, 0.25) is 5.82 Å². The smallest absolute Gasteiger partial charge is 0.209 e. The number of nitrogens with zero attached hydrogens (tertiary/aromatic N) is 7. The molecule has 1 saturated heterocycles. The van der Waals surface area contributed by atoms with Crippen LogP contribution in [0.25, 0.3) is 11.4 Å². The highest BCUT2D eigenvalue weighted by Gasteiger charge is 2.25. The van der Waals surface area contributed by atoms with E-state index >= 15 is 4.39 Å². The molecule has 8 nitrogen and oxygen atoms in total. The second kappa shape index (κ2) is 9.18. The highest BCUT2D eigenvalue weighted by Crippen LogP contribution is 2.34. The second-order valence-corrected chi connectivity index (χ2v) is 8.22. The number of hydrogen-bond acceptors (Lipinski definition) is 7. The third kappa shape index (κ3) is 4.86. The Balaban J connectivity index is 1.52. The van der Waals surface area contributed by atoms with Gasteiger partial charge in [0.1, 0.15) is 11.9 Å². The summed E-state index contributed by atoms with van der Waals surface area (Å²) in [5.74, 6) is 0.381. The lowest BCUT2D eigenvalue weighted by Gasteiger charge is -2.37. The first kappa shape index (κ1) is 20.9. The van der Waals surface area contributed by atoms with E-state index in [1.54, 1.807) is 18.3 Å². The number of benzene rings is 1. The van der Waals surface area contributed by atoms with Crippen LogP contribution in [0.4, 0.5) is 10.1 Å². The minimum Gasteiger partial charge on any atom is -0.368 e. The molecule has 3 aromatic rings. The Labute approximate surface area is 180 Å². The van der Waals surface area contributed by atoms with Crippen molar-refractivity contribution in [3.63, 3.8) is 0 Å². The number of aromatic amines is 1. The van der Waals surface area contributed by atoms with Gasteiger partial charge >= 0.3 is 0 Å². The van der Waals surface area contributed by atoms with Crippen LogP contribution < -0.4 is 4.90 Å². The van der Waals surface area contributed by atoms with Crippen molar-refractivity contribution in [1.82, 2.24) is 30.5 Å². The standard InChI is InChI=1S/C22H25FN8/c1-15(2)9-17-10-19(23)21(22-26-28-29-27-22)20(11-17)31-7-5-30(6-8-31)14-18-4-3-16(12-24)13-25-18/h3-4,10-11,13,15H,5-9,14H2,1-2H3,(H,26,27,28,29). The number of piperazine rings is 1. The van der Waals surface area contributed by atoms with Crippen molar-refractivity contribution in [1.29, 1.82) is 5.26 Å². The molecule has 1 aliphatic heterocycles. The van der Waals surface area contributed by atoms with Crippen LogP contribution in [0.1, 0.15) is 30.7 Å². The summed E-state index contributed by atoms with van der Waals surface area (Å²) in [5.41, 5.74) is 3.67. The molecule has 1 fully saturated rings. The summed E-state index contributed by atoms with van der Waals surface area (Å²) >= 11 is 0. The molecular weight excluding hydrogens is 395 g/mol. The van der Waals surface area contributed by atoms with Crippen LogP contribution in [0, 0.1) is 23.1 Å². The number of anilines is 1. The summed E-state index contributed by atoms with van der Waals surface area (Å²) in [5, 5.41) is 23.0. The van der Waals surface area contributed by atoms with Crippen molar-refractivity contribution in [3.05, 3.63) is 53.1 Å². The minimum absolute atomic E-state index is 0.271. The third-order valence-electron chi connectivity index (χ3n) is 5.39. The second-order valence-electron chi connectivity index (χ2n) is 8.22. The summed E-state index contributed by atoms with van der Waals surface area (Å²) in [7, 11) is 0. The summed E-state index contributed by atoms with van der Waals surface area (Å²) in [6.45, 7) is 8.13. The van der Waals surface area contributed by atoms with E-state index in [0.717, 1.165) is 56.1 Å². The first-order valence-electron chi connectivity index (χ1n) is 10.4. The van der Waals surface area contributed by atoms with Crippen molar-refractivity contribution in [2.45, 2.75) is 26.8 Å². The number of rotatable bonds is 6. The molecule has 1 aromatic carbocycles.